The topological polar surface area (TPSA) is 93.8 Å². The Kier molecular flexibility index (Phi) is 5.28. The molecule has 30 heavy (non-hydrogen) atoms. The molecular weight excluding hydrogens is 397 g/mol. The van der Waals surface area contributed by atoms with E-state index in [4.69, 9.17) is 0 Å². The Morgan fingerprint density at radius 3 is 2.60 bits per heavy atom. The third-order valence-electron chi connectivity index (χ3n) is 4.72. The van der Waals surface area contributed by atoms with E-state index in [9.17, 15) is 23.1 Å². The van der Waals surface area contributed by atoms with Crippen LogP contribution in [-0.2, 0) is 6.42 Å². The SMILES string of the molecule is O=c1[nH]ccc(NC(CO)Cc2ccccc2)c1-c1nc2c(F)c(F)c(F)cc2[nH]1. The molecule has 0 aliphatic heterocycles. The van der Waals surface area contributed by atoms with Crippen molar-refractivity contribution in [2.24, 2.45) is 0 Å². The number of rotatable bonds is 6. The van der Waals surface area contributed by atoms with E-state index in [1.54, 1.807) is 6.07 Å². The molecule has 0 fully saturated rings. The average molecular weight is 414 g/mol. The van der Waals surface area contributed by atoms with Crippen LogP contribution in [0.2, 0.25) is 0 Å². The number of benzene rings is 2. The molecule has 4 N–H and O–H groups in total. The Morgan fingerprint density at radius 2 is 1.87 bits per heavy atom. The molecule has 0 amide bonds. The largest absolute Gasteiger partial charge is 0.394 e. The molecule has 1 unspecified atom stereocenters. The van der Waals surface area contributed by atoms with Crippen molar-refractivity contribution in [3.05, 3.63) is 82.0 Å². The standard InChI is InChI=1S/C21H17F3N4O2/c22-13-9-15-19(18(24)17(13)23)28-20(27-15)16-14(6-7-25-21(16)30)26-12(10-29)8-11-4-2-1-3-5-11/h1-7,9,12,29H,8,10H2,(H,27,28)(H2,25,26,30). The van der Waals surface area contributed by atoms with Gasteiger partial charge in [0.1, 0.15) is 16.9 Å². The summed E-state index contributed by atoms with van der Waals surface area (Å²) in [7, 11) is 0. The zero-order chi connectivity index (χ0) is 21.3. The summed E-state index contributed by atoms with van der Waals surface area (Å²) in [5.41, 5.74) is 0.290. The molecule has 6 nitrogen and oxygen atoms in total. The second-order valence-corrected chi connectivity index (χ2v) is 6.78. The molecule has 0 radical (unpaired) electrons. The lowest BCUT2D eigenvalue weighted by molar-refractivity contribution is 0.274. The maximum absolute atomic E-state index is 14.1. The number of pyridine rings is 1. The van der Waals surface area contributed by atoms with Gasteiger partial charge in [-0.2, -0.15) is 0 Å². The number of aromatic nitrogens is 3. The van der Waals surface area contributed by atoms with Crippen LogP contribution in [0.4, 0.5) is 18.9 Å². The van der Waals surface area contributed by atoms with Gasteiger partial charge in [-0.1, -0.05) is 30.3 Å². The molecule has 0 bridgehead atoms. The second kappa shape index (κ2) is 8.03. The Bertz CT molecular complexity index is 1250. The Hall–Kier alpha value is -3.59. The molecule has 0 aliphatic rings. The highest BCUT2D eigenvalue weighted by molar-refractivity contribution is 5.83. The number of nitrogens with one attached hydrogen (secondary N) is 3. The summed E-state index contributed by atoms with van der Waals surface area (Å²) in [6.07, 6.45) is 1.89. The van der Waals surface area contributed by atoms with Crippen molar-refractivity contribution in [2.45, 2.75) is 12.5 Å². The molecule has 4 rings (SSSR count). The molecule has 0 spiro atoms. The maximum atomic E-state index is 14.1. The summed E-state index contributed by atoms with van der Waals surface area (Å²) in [5, 5.41) is 12.9. The van der Waals surface area contributed by atoms with E-state index in [0.29, 0.717) is 12.1 Å². The van der Waals surface area contributed by atoms with Crippen molar-refractivity contribution < 1.29 is 18.3 Å². The fraction of sp³-hybridized carbons (Fsp3) is 0.143. The van der Waals surface area contributed by atoms with E-state index in [1.165, 1.54) is 6.20 Å². The summed E-state index contributed by atoms with van der Waals surface area (Å²) in [4.78, 5) is 21.6. The molecule has 4 aromatic rings. The third-order valence-corrected chi connectivity index (χ3v) is 4.72. The Balaban J connectivity index is 1.74. The van der Waals surface area contributed by atoms with Gasteiger partial charge in [-0.15, -0.1) is 0 Å². The number of fused-ring (bicyclic) bond motifs is 1. The number of hydrogen-bond donors (Lipinski definition) is 4. The fourth-order valence-corrected chi connectivity index (χ4v) is 3.29. The van der Waals surface area contributed by atoms with E-state index < -0.39 is 34.6 Å². The van der Waals surface area contributed by atoms with Crippen LogP contribution >= 0.6 is 0 Å². The van der Waals surface area contributed by atoms with E-state index in [-0.39, 0.29) is 23.5 Å². The van der Waals surface area contributed by atoms with Gasteiger partial charge in [-0.05, 0) is 18.1 Å². The number of aromatic amines is 2. The van der Waals surface area contributed by atoms with Crippen LogP contribution in [0.1, 0.15) is 5.56 Å². The van der Waals surface area contributed by atoms with Gasteiger partial charge in [0.15, 0.2) is 17.5 Å². The van der Waals surface area contributed by atoms with Gasteiger partial charge in [0.2, 0.25) is 0 Å². The zero-order valence-corrected chi connectivity index (χ0v) is 15.5. The molecular formula is C21H17F3N4O2. The monoisotopic (exact) mass is 414 g/mol. The number of H-pyrrole nitrogens is 2. The predicted octanol–water partition coefficient (Wildman–Crippen LogP) is 3.35. The maximum Gasteiger partial charge on any atom is 0.261 e. The number of halogens is 3. The van der Waals surface area contributed by atoms with Crippen molar-refractivity contribution in [2.75, 3.05) is 11.9 Å². The molecule has 2 heterocycles. The summed E-state index contributed by atoms with van der Waals surface area (Å²) in [6, 6.07) is 11.4. The van der Waals surface area contributed by atoms with Gasteiger partial charge in [0, 0.05) is 12.3 Å². The minimum absolute atomic E-state index is 0.0282. The van der Waals surface area contributed by atoms with Crippen LogP contribution in [0.3, 0.4) is 0 Å². The molecule has 2 aromatic carbocycles. The third kappa shape index (κ3) is 3.67. The van der Waals surface area contributed by atoms with E-state index >= 15 is 0 Å². The molecule has 0 saturated carbocycles. The first-order valence-electron chi connectivity index (χ1n) is 9.14. The van der Waals surface area contributed by atoms with Gasteiger partial charge >= 0.3 is 0 Å². The van der Waals surface area contributed by atoms with E-state index in [1.807, 2.05) is 30.3 Å². The summed E-state index contributed by atoms with van der Waals surface area (Å²) in [5.74, 6) is -4.50. The Morgan fingerprint density at radius 1 is 1.10 bits per heavy atom. The fourth-order valence-electron chi connectivity index (χ4n) is 3.29. The van der Waals surface area contributed by atoms with Crippen LogP contribution in [0.5, 0.6) is 0 Å². The van der Waals surface area contributed by atoms with Gasteiger partial charge in [-0.3, -0.25) is 4.79 Å². The van der Waals surface area contributed by atoms with Crippen molar-refractivity contribution in [3.63, 3.8) is 0 Å². The number of aliphatic hydroxyl groups is 1. The lowest BCUT2D eigenvalue weighted by atomic mass is 10.1. The minimum atomic E-state index is -1.64. The highest BCUT2D eigenvalue weighted by Gasteiger charge is 2.21. The normalized spacial score (nSPS) is 12.3. The lowest BCUT2D eigenvalue weighted by Gasteiger charge is -2.19. The molecule has 0 saturated heterocycles. The smallest absolute Gasteiger partial charge is 0.261 e. The predicted molar refractivity (Wildman–Crippen MR) is 107 cm³/mol. The van der Waals surface area contributed by atoms with Gasteiger partial charge < -0.3 is 20.4 Å². The quantitative estimate of drug-likeness (QED) is 0.364. The number of imidazole rings is 1. The second-order valence-electron chi connectivity index (χ2n) is 6.78. The number of aliphatic hydroxyl groups excluding tert-OH is 1. The molecule has 1 atom stereocenters. The number of anilines is 1. The van der Waals surface area contributed by atoms with Crippen LogP contribution < -0.4 is 10.9 Å². The van der Waals surface area contributed by atoms with Gasteiger partial charge in [-0.25, -0.2) is 18.2 Å². The lowest BCUT2D eigenvalue weighted by Crippen LogP contribution is -2.28. The first-order chi connectivity index (χ1) is 14.5. The van der Waals surface area contributed by atoms with Crippen LogP contribution in [0.15, 0.2) is 53.5 Å². The summed E-state index contributed by atoms with van der Waals surface area (Å²) in [6.45, 7) is -0.216. The molecule has 0 aliphatic carbocycles. The Labute approximate surface area is 168 Å². The van der Waals surface area contributed by atoms with Crippen LogP contribution in [0.25, 0.3) is 22.4 Å². The van der Waals surface area contributed by atoms with E-state index in [2.05, 4.69) is 20.3 Å². The molecule has 154 valence electrons. The van der Waals surface area contributed by atoms with Gasteiger partial charge in [0.05, 0.1) is 23.9 Å². The first-order valence-corrected chi connectivity index (χ1v) is 9.14. The van der Waals surface area contributed by atoms with Crippen LogP contribution in [-0.4, -0.2) is 32.7 Å². The number of nitrogens with zero attached hydrogens (tertiary/aromatic N) is 1. The minimum Gasteiger partial charge on any atom is -0.394 e. The zero-order valence-electron chi connectivity index (χ0n) is 15.5. The van der Waals surface area contributed by atoms with Crippen molar-refractivity contribution in [1.82, 2.24) is 15.0 Å². The average Bonchev–Trinajstić information content (AvgIpc) is 3.16. The first kappa shape index (κ1) is 19.7. The van der Waals surface area contributed by atoms with Crippen molar-refractivity contribution in [3.8, 4) is 11.4 Å². The van der Waals surface area contributed by atoms with Crippen LogP contribution in [0, 0.1) is 17.5 Å². The van der Waals surface area contributed by atoms with Gasteiger partial charge in [0.25, 0.3) is 5.56 Å². The highest BCUT2D eigenvalue weighted by Crippen LogP contribution is 2.28. The highest BCUT2D eigenvalue weighted by atomic mass is 19.2. The number of hydrogen-bond acceptors (Lipinski definition) is 4. The summed E-state index contributed by atoms with van der Waals surface area (Å²) >= 11 is 0. The molecule has 2 aromatic heterocycles. The van der Waals surface area contributed by atoms with Crippen molar-refractivity contribution in [1.29, 1.82) is 0 Å². The molecule has 9 heteroatoms. The van der Waals surface area contributed by atoms with Crippen molar-refractivity contribution >= 4 is 16.7 Å². The summed E-state index contributed by atoms with van der Waals surface area (Å²) < 4.78 is 41.1. The van der Waals surface area contributed by atoms with E-state index in [0.717, 1.165) is 11.6 Å².